The Morgan fingerprint density at radius 1 is 1.41 bits per heavy atom. The molecule has 17 heavy (non-hydrogen) atoms. The van der Waals surface area contributed by atoms with Gasteiger partial charge in [0.2, 0.25) is 0 Å². The molecule has 0 saturated carbocycles. The highest BCUT2D eigenvalue weighted by molar-refractivity contribution is 6.31. The topological polar surface area (TPSA) is 70.3 Å². The maximum atomic E-state index is 9.18. The lowest BCUT2D eigenvalue weighted by molar-refractivity contribution is 0.102. The standard InChI is InChI=1S/C11H20ClN3O2/c1-4-8-10(12)9(15(3)14-8)5-13-11(2,6-16)7-17/h13,16-17H,4-7H2,1-3H3. The zero-order valence-electron chi connectivity index (χ0n) is 10.5. The first-order valence-electron chi connectivity index (χ1n) is 5.64. The van der Waals surface area contributed by atoms with E-state index in [4.69, 9.17) is 11.6 Å². The van der Waals surface area contributed by atoms with E-state index in [1.54, 1.807) is 11.6 Å². The van der Waals surface area contributed by atoms with Crippen molar-refractivity contribution < 1.29 is 10.2 Å². The van der Waals surface area contributed by atoms with E-state index in [0.29, 0.717) is 11.6 Å². The molecular weight excluding hydrogens is 242 g/mol. The third kappa shape index (κ3) is 3.19. The van der Waals surface area contributed by atoms with Crippen molar-refractivity contribution in [1.29, 1.82) is 0 Å². The van der Waals surface area contributed by atoms with Gasteiger partial charge in [-0.2, -0.15) is 5.10 Å². The first-order chi connectivity index (χ1) is 7.97. The molecule has 0 aliphatic rings. The van der Waals surface area contributed by atoms with Gasteiger partial charge >= 0.3 is 0 Å². The number of aliphatic hydroxyl groups excluding tert-OH is 2. The lowest BCUT2D eigenvalue weighted by Crippen LogP contribution is -2.48. The summed E-state index contributed by atoms with van der Waals surface area (Å²) < 4.78 is 1.73. The summed E-state index contributed by atoms with van der Waals surface area (Å²) in [6.07, 6.45) is 0.782. The van der Waals surface area contributed by atoms with E-state index in [1.165, 1.54) is 0 Å². The van der Waals surface area contributed by atoms with Crippen LogP contribution in [0.3, 0.4) is 0 Å². The average molecular weight is 262 g/mol. The second-order valence-electron chi connectivity index (χ2n) is 4.41. The first kappa shape index (κ1) is 14.4. The van der Waals surface area contributed by atoms with Gasteiger partial charge in [0.15, 0.2) is 0 Å². The zero-order chi connectivity index (χ0) is 13.1. The summed E-state index contributed by atoms with van der Waals surface area (Å²) in [7, 11) is 1.83. The lowest BCUT2D eigenvalue weighted by atomic mass is 10.1. The first-order valence-corrected chi connectivity index (χ1v) is 6.02. The smallest absolute Gasteiger partial charge is 0.0863 e. The van der Waals surface area contributed by atoms with E-state index < -0.39 is 5.54 Å². The van der Waals surface area contributed by atoms with Gasteiger partial charge in [0.25, 0.3) is 0 Å². The second-order valence-corrected chi connectivity index (χ2v) is 4.79. The quantitative estimate of drug-likeness (QED) is 0.696. The molecule has 6 heteroatoms. The van der Waals surface area contributed by atoms with Crippen LogP contribution in [-0.4, -0.2) is 38.7 Å². The monoisotopic (exact) mass is 261 g/mol. The molecule has 0 radical (unpaired) electrons. The molecule has 1 aromatic heterocycles. The molecule has 1 heterocycles. The molecule has 98 valence electrons. The number of nitrogens with zero attached hydrogens (tertiary/aromatic N) is 2. The predicted molar refractivity (Wildman–Crippen MR) is 67.0 cm³/mol. The minimum atomic E-state index is -0.708. The Bertz CT molecular complexity index is 375. The molecule has 3 N–H and O–H groups in total. The van der Waals surface area contributed by atoms with Crippen LogP contribution in [0, 0.1) is 0 Å². The van der Waals surface area contributed by atoms with Gasteiger partial charge in [0.05, 0.1) is 35.2 Å². The fraction of sp³-hybridized carbons (Fsp3) is 0.727. The predicted octanol–water partition coefficient (Wildman–Crippen LogP) is 0.469. The highest BCUT2D eigenvalue weighted by atomic mass is 35.5. The minimum absolute atomic E-state index is 0.139. The van der Waals surface area contributed by atoms with Gasteiger partial charge in [-0.1, -0.05) is 18.5 Å². The molecule has 0 aliphatic carbocycles. The second kappa shape index (κ2) is 5.82. The van der Waals surface area contributed by atoms with Gasteiger partial charge in [-0.15, -0.1) is 0 Å². The van der Waals surface area contributed by atoms with Gasteiger partial charge in [-0.3, -0.25) is 4.68 Å². The molecule has 0 spiro atoms. The van der Waals surface area contributed by atoms with Crippen molar-refractivity contribution in [3.63, 3.8) is 0 Å². The van der Waals surface area contributed by atoms with Gasteiger partial charge in [-0.05, 0) is 13.3 Å². The van der Waals surface area contributed by atoms with E-state index >= 15 is 0 Å². The summed E-state index contributed by atoms with van der Waals surface area (Å²) in [6, 6.07) is 0. The van der Waals surface area contributed by atoms with E-state index in [9.17, 15) is 10.2 Å². The summed E-state index contributed by atoms with van der Waals surface area (Å²) in [6.45, 7) is 3.92. The number of aliphatic hydroxyl groups is 2. The van der Waals surface area contributed by atoms with Crippen molar-refractivity contribution in [2.75, 3.05) is 13.2 Å². The Morgan fingerprint density at radius 3 is 2.41 bits per heavy atom. The summed E-state index contributed by atoms with van der Waals surface area (Å²) in [5.41, 5.74) is 1.01. The molecule has 0 aliphatic heterocycles. The highest BCUT2D eigenvalue weighted by Crippen LogP contribution is 2.21. The molecule has 0 aromatic carbocycles. The van der Waals surface area contributed by atoms with Gasteiger partial charge < -0.3 is 15.5 Å². The molecule has 5 nitrogen and oxygen atoms in total. The SMILES string of the molecule is CCc1nn(C)c(CNC(C)(CO)CO)c1Cl. The number of aryl methyl sites for hydroxylation is 2. The number of hydrogen-bond donors (Lipinski definition) is 3. The molecule has 0 bridgehead atoms. The van der Waals surface area contributed by atoms with Crippen LogP contribution in [0.15, 0.2) is 0 Å². The summed E-state index contributed by atoms with van der Waals surface area (Å²) in [5, 5.41) is 26.4. The van der Waals surface area contributed by atoms with Crippen molar-refractivity contribution in [3.05, 3.63) is 16.4 Å². The lowest BCUT2D eigenvalue weighted by Gasteiger charge is -2.26. The molecule has 0 saturated heterocycles. The van der Waals surface area contributed by atoms with Crippen molar-refractivity contribution in [1.82, 2.24) is 15.1 Å². The van der Waals surface area contributed by atoms with Crippen LogP contribution in [-0.2, 0) is 20.0 Å². The van der Waals surface area contributed by atoms with Crippen molar-refractivity contribution >= 4 is 11.6 Å². The van der Waals surface area contributed by atoms with Gasteiger partial charge in [-0.25, -0.2) is 0 Å². The fourth-order valence-electron chi connectivity index (χ4n) is 1.47. The van der Waals surface area contributed by atoms with Crippen LogP contribution in [0.25, 0.3) is 0 Å². The largest absolute Gasteiger partial charge is 0.394 e. The van der Waals surface area contributed by atoms with Crippen LogP contribution in [0.4, 0.5) is 0 Å². The third-order valence-electron chi connectivity index (χ3n) is 2.88. The van der Waals surface area contributed by atoms with Crippen LogP contribution in [0.5, 0.6) is 0 Å². The summed E-state index contributed by atoms with van der Waals surface area (Å²) in [5.74, 6) is 0. The Kier molecular flexibility index (Phi) is 4.94. The Labute approximate surface area is 106 Å². The molecule has 0 atom stereocenters. The minimum Gasteiger partial charge on any atom is -0.394 e. The van der Waals surface area contributed by atoms with E-state index in [2.05, 4.69) is 10.4 Å². The van der Waals surface area contributed by atoms with Crippen LogP contribution < -0.4 is 5.32 Å². The maximum Gasteiger partial charge on any atom is 0.0863 e. The van der Waals surface area contributed by atoms with E-state index in [1.807, 2.05) is 14.0 Å². The van der Waals surface area contributed by atoms with Crippen molar-refractivity contribution in [2.24, 2.45) is 7.05 Å². The van der Waals surface area contributed by atoms with Crippen molar-refractivity contribution in [3.8, 4) is 0 Å². The highest BCUT2D eigenvalue weighted by Gasteiger charge is 2.23. The average Bonchev–Trinajstić information content (AvgIpc) is 2.61. The van der Waals surface area contributed by atoms with Crippen LogP contribution >= 0.6 is 11.6 Å². The maximum absolute atomic E-state index is 9.18. The fourth-order valence-corrected chi connectivity index (χ4v) is 1.83. The Balaban J connectivity index is 2.79. The van der Waals surface area contributed by atoms with Crippen LogP contribution in [0.1, 0.15) is 25.2 Å². The number of halogens is 1. The number of hydrogen-bond acceptors (Lipinski definition) is 4. The van der Waals surface area contributed by atoms with Crippen molar-refractivity contribution in [2.45, 2.75) is 32.4 Å². The molecule has 0 unspecified atom stereocenters. The van der Waals surface area contributed by atoms with Gasteiger partial charge in [0.1, 0.15) is 0 Å². The summed E-state index contributed by atoms with van der Waals surface area (Å²) >= 11 is 6.20. The molecule has 1 rings (SSSR count). The van der Waals surface area contributed by atoms with E-state index in [-0.39, 0.29) is 13.2 Å². The van der Waals surface area contributed by atoms with E-state index in [0.717, 1.165) is 17.8 Å². The molecule has 0 amide bonds. The Morgan fingerprint density at radius 2 is 2.00 bits per heavy atom. The summed E-state index contributed by atoms with van der Waals surface area (Å²) in [4.78, 5) is 0. The third-order valence-corrected chi connectivity index (χ3v) is 3.32. The number of aromatic nitrogens is 2. The zero-order valence-corrected chi connectivity index (χ0v) is 11.3. The van der Waals surface area contributed by atoms with Gasteiger partial charge in [0, 0.05) is 13.6 Å². The number of nitrogens with one attached hydrogen (secondary N) is 1. The van der Waals surface area contributed by atoms with Crippen LogP contribution in [0.2, 0.25) is 5.02 Å². The molecular formula is C11H20ClN3O2. The Hall–Kier alpha value is -0.620. The normalized spacial score (nSPS) is 12.1. The molecule has 1 aromatic rings. The number of rotatable bonds is 6. The molecule has 0 fully saturated rings.